The lowest BCUT2D eigenvalue weighted by atomic mass is 10.1. The Bertz CT molecular complexity index is 1620. The highest BCUT2D eigenvalue weighted by molar-refractivity contribution is 6.07. The van der Waals surface area contributed by atoms with Gasteiger partial charge in [-0.25, -0.2) is 15.0 Å². The van der Waals surface area contributed by atoms with Crippen LogP contribution in [-0.2, 0) is 32.7 Å². The highest BCUT2D eigenvalue weighted by atomic mass is 16.6. The number of aromatic nitrogens is 3. The number of hydrogen-bond donors (Lipinski definition) is 2. The zero-order valence-corrected chi connectivity index (χ0v) is 24.6. The van der Waals surface area contributed by atoms with Crippen molar-refractivity contribution in [2.24, 2.45) is 17.8 Å². The average Bonchev–Trinajstić information content (AvgIpc) is 3.30. The summed E-state index contributed by atoms with van der Waals surface area (Å²) >= 11 is 0. The zero-order valence-electron chi connectivity index (χ0n) is 24.6. The van der Waals surface area contributed by atoms with E-state index in [2.05, 4.69) is 15.3 Å². The second-order valence-corrected chi connectivity index (χ2v) is 9.64. The normalized spacial score (nSPS) is 12.0. The Morgan fingerprint density at radius 3 is 2.51 bits per heavy atom. The van der Waals surface area contributed by atoms with Gasteiger partial charge < -0.3 is 25.1 Å². The van der Waals surface area contributed by atoms with Crippen LogP contribution in [0, 0.1) is 0 Å². The molecule has 1 atom stereocenters. The molecule has 2 aromatic heterocycles. The minimum Gasteiger partial charge on any atom is -0.466 e. The average molecular weight is 586 g/mol. The van der Waals surface area contributed by atoms with Gasteiger partial charge in [-0.3, -0.25) is 19.3 Å². The van der Waals surface area contributed by atoms with Crippen molar-refractivity contribution >= 4 is 46.2 Å². The van der Waals surface area contributed by atoms with Crippen LogP contribution in [0.1, 0.15) is 48.9 Å². The number of benzene rings is 2. The van der Waals surface area contributed by atoms with E-state index in [1.165, 1.54) is 11.8 Å². The van der Waals surface area contributed by atoms with Crippen LogP contribution in [0.15, 0.2) is 71.9 Å². The molecule has 0 saturated heterocycles. The summed E-state index contributed by atoms with van der Waals surface area (Å²) in [6.07, 6.45) is 0.973. The summed E-state index contributed by atoms with van der Waals surface area (Å²) in [5, 5.41) is 3.35. The number of aliphatic imine (C=N–C) groups is 1. The van der Waals surface area contributed by atoms with Crippen molar-refractivity contribution in [1.82, 2.24) is 14.5 Å². The first-order valence-corrected chi connectivity index (χ1v) is 13.8. The fourth-order valence-electron chi connectivity index (χ4n) is 4.44. The van der Waals surface area contributed by atoms with Crippen molar-refractivity contribution in [2.75, 3.05) is 23.4 Å². The highest BCUT2D eigenvalue weighted by Gasteiger charge is 2.21. The van der Waals surface area contributed by atoms with E-state index in [1.54, 1.807) is 50.4 Å². The number of rotatable bonds is 12. The zero-order chi connectivity index (χ0) is 30.9. The molecule has 0 radical (unpaired) electrons. The van der Waals surface area contributed by atoms with E-state index in [1.807, 2.05) is 41.9 Å². The predicted molar refractivity (Wildman–Crippen MR) is 164 cm³/mol. The molecule has 12 nitrogen and oxygen atoms in total. The lowest BCUT2D eigenvalue weighted by Crippen LogP contribution is -2.34. The van der Waals surface area contributed by atoms with Crippen molar-refractivity contribution in [3.63, 3.8) is 0 Å². The van der Waals surface area contributed by atoms with Gasteiger partial charge in [-0.15, -0.1) is 0 Å². The molecule has 4 rings (SSSR count). The van der Waals surface area contributed by atoms with Gasteiger partial charge in [-0.1, -0.05) is 6.07 Å². The van der Waals surface area contributed by atoms with Gasteiger partial charge in [-0.2, -0.15) is 0 Å². The number of amides is 1. The molecular weight excluding hydrogens is 550 g/mol. The van der Waals surface area contributed by atoms with Crippen molar-refractivity contribution < 1.29 is 23.9 Å². The Morgan fingerprint density at radius 2 is 1.84 bits per heavy atom. The first-order chi connectivity index (χ1) is 20.7. The fraction of sp³-hybridized carbons (Fsp3) is 0.290. The van der Waals surface area contributed by atoms with Gasteiger partial charge >= 0.3 is 11.9 Å². The van der Waals surface area contributed by atoms with E-state index in [-0.39, 0.29) is 37.3 Å². The molecule has 224 valence electrons. The van der Waals surface area contributed by atoms with Crippen molar-refractivity contribution in [3.05, 3.63) is 83.8 Å². The predicted octanol–water partition coefficient (Wildman–Crippen LogP) is 3.79. The van der Waals surface area contributed by atoms with E-state index in [0.29, 0.717) is 29.0 Å². The SMILES string of the molecule is CCOC(=O)CCN(C(=O)c1ccc2c(c1)nc(CNc1ccc(/C(N)=N/C(C)OC(C)=O)cc1)n2C)c1ccccn1. The number of ether oxygens (including phenoxy) is 2. The second-order valence-electron chi connectivity index (χ2n) is 9.64. The number of fused-ring (bicyclic) bond motifs is 1. The number of pyridine rings is 1. The largest absolute Gasteiger partial charge is 0.466 e. The molecule has 1 amide bonds. The molecule has 0 spiro atoms. The lowest BCUT2D eigenvalue weighted by molar-refractivity contribution is -0.145. The van der Waals surface area contributed by atoms with Crippen LogP contribution >= 0.6 is 0 Å². The number of carbonyl (C=O) groups excluding carboxylic acids is 3. The van der Waals surface area contributed by atoms with Gasteiger partial charge in [0.15, 0.2) is 6.23 Å². The highest BCUT2D eigenvalue weighted by Crippen LogP contribution is 2.21. The van der Waals surface area contributed by atoms with Crippen molar-refractivity contribution in [1.29, 1.82) is 0 Å². The first-order valence-electron chi connectivity index (χ1n) is 13.8. The number of nitrogens with two attached hydrogens (primary N) is 1. The molecule has 3 N–H and O–H groups in total. The van der Waals surface area contributed by atoms with Crippen LogP contribution in [0.25, 0.3) is 11.0 Å². The van der Waals surface area contributed by atoms with E-state index < -0.39 is 12.2 Å². The Morgan fingerprint density at radius 1 is 1.09 bits per heavy atom. The van der Waals surface area contributed by atoms with Gasteiger partial charge in [0.2, 0.25) is 0 Å². The van der Waals surface area contributed by atoms with Crippen molar-refractivity contribution in [2.45, 2.75) is 40.0 Å². The maximum Gasteiger partial charge on any atom is 0.307 e. The molecule has 1 unspecified atom stereocenters. The first kappa shape index (κ1) is 30.7. The quantitative estimate of drug-likeness (QED) is 0.144. The minimum atomic E-state index is -0.675. The standard InChI is InChI=1S/C31H35N7O5/c1-5-42-29(40)15-17-38(27-8-6-7-16-33-27)31(41)23-11-14-26-25(18-23)36-28(37(26)4)19-34-24-12-9-22(10-13-24)30(32)35-20(2)43-21(3)39/h6-14,16,18,20,34H,5,15,17,19H2,1-4H3,(H2,32,35). The number of imidazole rings is 1. The van der Waals surface area contributed by atoms with Gasteiger partial charge in [0, 0.05) is 43.5 Å². The number of aryl methyl sites for hydroxylation is 1. The molecule has 0 saturated carbocycles. The molecule has 0 bridgehead atoms. The van der Waals surface area contributed by atoms with Crippen LogP contribution in [-0.4, -0.2) is 57.6 Å². The number of esters is 2. The Kier molecular flexibility index (Phi) is 10.0. The van der Waals surface area contributed by atoms with Gasteiger partial charge in [0.25, 0.3) is 5.91 Å². The van der Waals surface area contributed by atoms with Crippen LogP contribution in [0.2, 0.25) is 0 Å². The van der Waals surface area contributed by atoms with E-state index in [0.717, 1.165) is 17.0 Å². The number of nitrogens with zero attached hydrogens (tertiary/aromatic N) is 5. The Balaban J connectivity index is 1.47. The van der Waals surface area contributed by atoms with Crippen LogP contribution in [0.5, 0.6) is 0 Å². The smallest absolute Gasteiger partial charge is 0.307 e. The third-order valence-corrected chi connectivity index (χ3v) is 6.52. The molecular formula is C31H35N7O5. The van der Waals surface area contributed by atoms with Crippen LogP contribution < -0.4 is 16.0 Å². The molecule has 0 aliphatic carbocycles. The molecule has 0 fully saturated rings. The molecule has 2 aromatic carbocycles. The van der Waals surface area contributed by atoms with E-state index >= 15 is 0 Å². The summed E-state index contributed by atoms with van der Waals surface area (Å²) in [6, 6.07) is 18.0. The maximum atomic E-state index is 13.6. The molecule has 4 aromatic rings. The lowest BCUT2D eigenvalue weighted by Gasteiger charge is -2.21. The molecule has 2 heterocycles. The molecule has 0 aliphatic heterocycles. The van der Waals surface area contributed by atoms with Gasteiger partial charge in [0.05, 0.1) is 30.6 Å². The van der Waals surface area contributed by atoms with Gasteiger partial charge in [-0.05, 0) is 68.4 Å². The summed E-state index contributed by atoms with van der Waals surface area (Å²) in [6.45, 7) is 5.54. The summed E-state index contributed by atoms with van der Waals surface area (Å²) in [5.74, 6) is 0.382. The van der Waals surface area contributed by atoms with Crippen LogP contribution in [0.3, 0.4) is 0 Å². The van der Waals surface area contributed by atoms with Crippen molar-refractivity contribution in [3.8, 4) is 0 Å². The van der Waals surface area contributed by atoms with Crippen LogP contribution in [0.4, 0.5) is 11.5 Å². The number of carbonyl (C=O) groups is 3. The summed E-state index contributed by atoms with van der Waals surface area (Å²) < 4.78 is 12.0. The number of hydrogen-bond acceptors (Lipinski definition) is 9. The third kappa shape index (κ3) is 7.94. The van der Waals surface area contributed by atoms with Gasteiger partial charge in [0.1, 0.15) is 17.5 Å². The Hall–Kier alpha value is -5.26. The molecule has 43 heavy (non-hydrogen) atoms. The topological polar surface area (TPSA) is 154 Å². The number of anilines is 2. The number of amidine groups is 1. The molecule has 12 heteroatoms. The minimum absolute atomic E-state index is 0.0472. The summed E-state index contributed by atoms with van der Waals surface area (Å²) in [7, 11) is 1.91. The van der Waals surface area contributed by atoms with E-state index in [4.69, 9.17) is 20.2 Å². The monoisotopic (exact) mass is 585 g/mol. The Labute approximate surface area is 249 Å². The summed E-state index contributed by atoms with van der Waals surface area (Å²) in [4.78, 5) is 51.4. The third-order valence-electron chi connectivity index (χ3n) is 6.52. The summed E-state index contributed by atoms with van der Waals surface area (Å²) in [5.41, 5.74) is 9.56. The second kappa shape index (κ2) is 14.1. The van der Waals surface area contributed by atoms with E-state index in [9.17, 15) is 14.4 Å². The fourth-order valence-corrected chi connectivity index (χ4v) is 4.44. The maximum absolute atomic E-state index is 13.6. The molecule has 0 aliphatic rings. The number of nitrogens with one attached hydrogen (secondary N) is 1.